The topological polar surface area (TPSA) is 34.1 Å². The average Bonchev–Trinajstić information content (AvgIpc) is 2.76. The molecule has 0 amide bonds. The van der Waals surface area contributed by atoms with Crippen LogP contribution in [0.4, 0.5) is 0 Å². The van der Waals surface area contributed by atoms with Crippen LogP contribution < -0.4 is 0 Å². The highest BCUT2D eigenvalue weighted by Crippen LogP contribution is 2.33. The summed E-state index contributed by atoms with van der Waals surface area (Å²) in [7, 11) is -3.37. The molecule has 0 unspecified atom stereocenters. The summed E-state index contributed by atoms with van der Waals surface area (Å²) in [4.78, 5) is 0.737. The van der Waals surface area contributed by atoms with E-state index in [0.717, 1.165) is 11.1 Å². The third-order valence-electron chi connectivity index (χ3n) is 4.03. The van der Waals surface area contributed by atoms with E-state index in [1.165, 1.54) is 5.56 Å². The summed E-state index contributed by atoms with van der Waals surface area (Å²) >= 11 is 0. The summed E-state index contributed by atoms with van der Waals surface area (Å²) in [6.45, 7) is 6.51. The van der Waals surface area contributed by atoms with Gasteiger partial charge in [-0.05, 0) is 40.3 Å². The lowest BCUT2D eigenvalue weighted by molar-refractivity contribution is 0.590. The Morgan fingerprint density at radius 1 is 0.870 bits per heavy atom. The maximum atomic E-state index is 12.5. The number of hydrogen-bond donors (Lipinski definition) is 0. The second-order valence-electron chi connectivity index (χ2n) is 6.79. The molecule has 0 bridgehead atoms. The molecule has 2 nitrogen and oxygen atoms in total. The van der Waals surface area contributed by atoms with Crippen LogP contribution in [0.5, 0.6) is 0 Å². The molecule has 0 spiro atoms. The molecule has 0 saturated heterocycles. The second kappa shape index (κ2) is 5.50. The predicted octanol–water partition coefficient (Wildman–Crippen LogP) is 4.83. The highest BCUT2D eigenvalue weighted by molar-refractivity contribution is 7.96. The van der Waals surface area contributed by atoms with Crippen LogP contribution in [0, 0.1) is 0 Å². The van der Waals surface area contributed by atoms with Crippen LogP contribution in [-0.2, 0) is 15.3 Å². The van der Waals surface area contributed by atoms with Crippen LogP contribution in [0.25, 0.3) is 12.2 Å². The van der Waals surface area contributed by atoms with E-state index in [2.05, 4.69) is 32.9 Å². The van der Waals surface area contributed by atoms with E-state index in [-0.39, 0.29) is 5.41 Å². The van der Waals surface area contributed by atoms with Crippen molar-refractivity contribution in [2.24, 2.45) is 0 Å². The number of hydrogen-bond acceptors (Lipinski definition) is 2. The van der Waals surface area contributed by atoms with Crippen LogP contribution in [0.2, 0.25) is 0 Å². The summed E-state index contributed by atoms with van der Waals surface area (Å²) in [6, 6.07) is 15.3. The molecule has 0 atom stereocenters. The fourth-order valence-electron chi connectivity index (χ4n) is 2.61. The first-order valence-corrected chi connectivity index (χ1v) is 9.11. The van der Waals surface area contributed by atoms with Crippen LogP contribution in [0.3, 0.4) is 0 Å². The van der Waals surface area contributed by atoms with E-state index >= 15 is 0 Å². The quantitative estimate of drug-likeness (QED) is 0.793. The van der Waals surface area contributed by atoms with Crippen molar-refractivity contribution in [3.63, 3.8) is 0 Å². The molecule has 1 aliphatic heterocycles. The van der Waals surface area contributed by atoms with Gasteiger partial charge in [0.1, 0.15) is 0 Å². The Morgan fingerprint density at radius 3 is 2.13 bits per heavy atom. The minimum atomic E-state index is -3.37. The van der Waals surface area contributed by atoms with Gasteiger partial charge in [0, 0.05) is 0 Å². The maximum Gasteiger partial charge on any atom is 0.207 e. The second-order valence-corrected chi connectivity index (χ2v) is 8.71. The molecular weight excluding hydrogens is 304 g/mol. The molecule has 0 aromatic heterocycles. The summed E-state index contributed by atoms with van der Waals surface area (Å²) in [5, 5.41) is 0. The minimum absolute atomic E-state index is 0.112. The van der Waals surface area contributed by atoms with Gasteiger partial charge in [0.2, 0.25) is 9.84 Å². The van der Waals surface area contributed by atoms with Gasteiger partial charge in [-0.15, -0.1) is 0 Å². The highest BCUT2D eigenvalue weighted by Gasteiger charge is 2.27. The minimum Gasteiger partial charge on any atom is -0.218 e. The molecular formula is C20H20O2S. The first-order valence-electron chi connectivity index (χ1n) is 7.63. The summed E-state index contributed by atoms with van der Waals surface area (Å²) < 4.78 is 24.9. The van der Waals surface area contributed by atoms with Gasteiger partial charge in [0.25, 0.3) is 0 Å². The van der Waals surface area contributed by atoms with Gasteiger partial charge in [-0.2, -0.15) is 0 Å². The van der Waals surface area contributed by atoms with Crippen molar-refractivity contribution >= 4 is 22.0 Å². The molecule has 0 fully saturated rings. The Kier molecular flexibility index (Phi) is 3.77. The van der Waals surface area contributed by atoms with Crippen LogP contribution in [-0.4, -0.2) is 8.42 Å². The van der Waals surface area contributed by atoms with Crippen LogP contribution in [0.1, 0.15) is 37.5 Å². The zero-order chi connectivity index (χ0) is 16.7. The van der Waals surface area contributed by atoms with Crippen LogP contribution in [0.15, 0.2) is 64.4 Å². The molecule has 23 heavy (non-hydrogen) atoms. The van der Waals surface area contributed by atoms with Gasteiger partial charge < -0.3 is 0 Å². The van der Waals surface area contributed by atoms with Crippen molar-refractivity contribution in [2.75, 3.05) is 0 Å². The molecule has 2 aromatic carbocycles. The Hall–Kier alpha value is -2.13. The zero-order valence-corrected chi connectivity index (χ0v) is 14.4. The Bertz CT molecular complexity index is 893. The third kappa shape index (κ3) is 3.02. The summed E-state index contributed by atoms with van der Waals surface area (Å²) in [5.41, 5.74) is 3.12. The molecule has 0 saturated carbocycles. The number of allylic oxidation sites excluding steroid dienone is 1. The largest absolute Gasteiger partial charge is 0.218 e. The monoisotopic (exact) mass is 324 g/mol. The molecule has 3 rings (SSSR count). The van der Waals surface area contributed by atoms with E-state index in [9.17, 15) is 8.42 Å². The molecule has 1 heterocycles. The van der Waals surface area contributed by atoms with Gasteiger partial charge in [0.15, 0.2) is 0 Å². The molecule has 1 aliphatic rings. The lowest BCUT2D eigenvalue weighted by Gasteiger charge is -2.18. The van der Waals surface area contributed by atoms with Crippen molar-refractivity contribution in [2.45, 2.75) is 31.1 Å². The standard InChI is InChI=1S/C20H20O2S/c1-20(2,3)17-11-8-15(9-12-17)10-13-18-14-16-6-4-5-7-19(16)23(18,21)22/h4-14H,1-3H3/b13-10+. The SMILES string of the molecule is CC(C)(C)c1ccc(/C=C/C2=Cc3ccccc3S2(=O)=O)cc1. The van der Waals surface area contributed by atoms with Crippen molar-refractivity contribution in [3.8, 4) is 0 Å². The molecule has 3 heteroatoms. The van der Waals surface area contributed by atoms with Gasteiger partial charge in [0.05, 0.1) is 9.80 Å². The van der Waals surface area contributed by atoms with E-state index in [1.807, 2.05) is 30.3 Å². The fourth-order valence-corrected chi connectivity index (χ4v) is 4.09. The smallest absolute Gasteiger partial charge is 0.207 e. The van der Waals surface area contributed by atoms with Gasteiger partial charge in [-0.1, -0.05) is 69.3 Å². The lowest BCUT2D eigenvalue weighted by atomic mass is 9.87. The van der Waals surface area contributed by atoms with Gasteiger partial charge in [-0.25, -0.2) is 8.42 Å². The lowest BCUT2D eigenvalue weighted by Crippen LogP contribution is -2.10. The Morgan fingerprint density at radius 2 is 1.52 bits per heavy atom. The Balaban J connectivity index is 1.87. The van der Waals surface area contributed by atoms with E-state index < -0.39 is 9.84 Å². The van der Waals surface area contributed by atoms with Gasteiger partial charge in [-0.3, -0.25) is 0 Å². The van der Waals surface area contributed by atoms with E-state index in [1.54, 1.807) is 24.3 Å². The fraction of sp³-hybridized carbons (Fsp3) is 0.200. The average molecular weight is 324 g/mol. The van der Waals surface area contributed by atoms with E-state index in [0.29, 0.717) is 9.80 Å². The number of benzene rings is 2. The van der Waals surface area contributed by atoms with Crippen LogP contribution >= 0.6 is 0 Å². The number of fused-ring (bicyclic) bond motifs is 1. The van der Waals surface area contributed by atoms with Gasteiger partial charge >= 0.3 is 0 Å². The third-order valence-corrected chi connectivity index (χ3v) is 5.86. The van der Waals surface area contributed by atoms with Crippen molar-refractivity contribution in [1.82, 2.24) is 0 Å². The summed E-state index contributed by atoms with van der Waals surface area (Å²) in [6.07, 6.45) is 5.26. The van der Waals surface area contributed by atoms with Crippen molar-refractivity contribution < 1.29 is 8.42 Å². The molecule has 0 radical (unpaired) electrons. The first kappa shape index (κ1) is 15.8. The molecule has 2 aromatic rings. The summed E-state index contributed by atoms with van der Waals surface area (Å²) in [5.74, 6) is 0. The zero-order valence-electron chi connectivity index (χ0n) is 13.6. The van der Waals surface area contributed by atoms with E-state index in [4.69, 9.17) is 0 Å². The highest BCUT2D eigenvalue weighted by atomic mass is 32.2. The van der Waals surface area contributed by atoms with Crippen molar-refractivity contribution in [1.29, 1.82) is 0 Å². The van der Waals surface area contributed by atoms with Crippen molar-refractivity contribution in [3.05, 3.63) is 76.2 Å². The Labute approximate surface area is 138 Å². The number of sulfone groups is 1. The predicted molar refractivity (Wildman–Crippen MR) is 95.8 cm³/mol. The molecule has 118 valence electrons. The number of rotatable bonds is 2. The normalized spacial score (nSPS) is 16.4. The molecule has 0 aliphatic carbocycles. The maximum absolute atomic E-state index is 12.5. The first-order chi connectivity index (χ1) is 10.8. The molecule has 0 N–H and O–H groups in total.